The largest absolute Gasteiger partial charge is 0.573 e. The van der Waals surface area contributed by atoms with Crippen LogP contribution in [-0.2, 0) is 4.74 Å². The number of amides is 1. The van der Waals surface area contributed by atoms with Gasteiger partial charge in [0.2, 0.25) is 0 Å². The van der Waals surface area contributed by atoms with E-state index in [1.54, 1.807) is 5.32 Å². The molecule has 0 spiro atoms. The number of alkyl halides is 5. The average Bonchev–Trinajstić information content (AvgIpc) is 2.33. The third kappa shape index (κ3) is 3.50. The molecule has 0 saturated carbocycles. The van der Waals surface area contributed by atoms with Crippen LogP contribution in [0.5, 0.6) is 5.75 Å². The molecule has 1 saturated heterocycles. The van der Waals surface area contributed by atoms with Crippen molar-refractivity contribution in [2.24, 2.45) is 0 Å². The monoisotopic (exact) mass is 315 g/mol. The standard InChI is InChI=1S/C11H7F6NO3/c12-7-2-1-5(21-11(15,16)17)3-6(7)8-10(13,14)4-20-9(19)18-8/h1-3,8H,4H2,(H,18,19)/t8-/m1/s1. The van der Waals surface area contributed by atoms with Crippen molar-refractivity contribution in [3.05, 3.63) is 29.6 Å². The van der Waals surface area contributed by atoms with E-state index >= 15 is 0 Å². The molecular formula is C11H7F6NO3. The lowest BCUT2D eigenvalue weighted by molar-refractivity contribution is -0.274. The van der Waals surface area contributed by atoms with Gasteiger partial charge in [-0.15, -0.1) is 13.2 Å². The van der Waals surface area contributed by atoms with Crippen LogP contribution in [0, 0.1) is 5.82 Å². The first-order valence-corrected chi connectivity index (χ1v) is 5.45. The van der Waals surface area contributed by atoms with Crippen molar-refractivity contribution in [2.75, 3.05) is 6.61 Å². The lowest BCUT2D eigenvalue weighted by atomic mass is 9.99. The number of rotatable bonds is 2. The SMILES string of the molecule is O=C1N[C@H](c2cc(OC(F)(F)F)ccc2F)C(F)(F)CO1. The number of benzene rings is 1. The molecule has 1 heterocycles. The summed E-state index contributed by atoms with van der Waals surface area (Å²) in [6.07, 6.45) is -6.29. The Morgan fingerprint density at radius 2 is 2.00 bits per heavy atom. The highest BCUT2D eigenvalue weighted by Crippen LogP contribution is 2.37. The second kappa shape index (κ2) is 5.01. The lowest BCUT2D eigenvalue weighted by Crippen LogP contribution is -2.49. The zero-order chi connectivity index (χ0) is 15.8. The normalized spacial score (nSPS) is 21.4. The Morgan fingerprint density at radius 3 is 2.62 bits per heavy atom. The smallest absolute Gasteiger partial charge is 0.443 e. The quantitative estimate of drug-likeness (QED) is 0.853. The number of ether oxygens (including phenoxy) is 2. The summed E-state index contributed by atoms with van der Waals surface area (Å²) in [6, 6.07) is -0.539. The summed E-state index contributed by atoms with van der Waals surface area (Å²) in [6.45, 7) is -1.31. The van der Waals surface area contributed by atoms with Gasteiger partial charge in [-0.3, -0.25) is 0 Å². The molecule has 2 rings (SSSR count). The summed E-state index contributed by atoms with van der Waals surface area (Å²) < 4.78 is 84.6. The fourth-order valence-electron chi connectivity index (χ4n) is 1.76. The molecule has 10 heteroatoms. The summed E-state index contributed by atoms with van der Waals surface area (Å²) >= 11 is 0. The van der Waals surface area contributed by atoms with Crippen molar-refractivity contribution in [1.82, 2.24) is 5.32 Å². The van der Waals surface area contributed by atoms with E-state index in [9.17, 15) is 31.1 Å². The summed E-state index contributed by atoms with van der Waals surface area (Å²) in [5.41, 5.74) is -0.835. The summed E-state index contributed by atoms with van der Waals surface area (Å²) in [5, 5.41) is 1.67. The molecular weight excluding hydrogens is 308 g/mol. The molecule has 116 valence electrons. The van der Waals surface area contributed by atoms with Crippen molar-refractivity contribution in [3.8, 4) is 5.75 Å². The Bertz CT molecular complexity index is 559. The third-order valence-corrected chi connectivity index (χ3v) is 2.59. The molecule has 0 bridgehead atoms. The number of nitrogens with one attached hydrogen (secondary N) is 1. The minimum Gasteiger partial charge on any atom is -0.443 e. The van der Waals surface area contributed by atoms with Crippen LogP contribution in [0.15, 0.2) is 18.2 Å². The van der Waals surface area contributed by atoms with E-state index in [0.717, 1.165) is 0 Å². The Kier molecular flexibility index (Phi) is 3.64. The van der Waals surface area contributed by atoms with E-state index in [0.29, 0.717) is 18.2 Å². The first kappa shape index (κ1) is 15.3. The molecule has 1 aliphatic heterocycles. The molecule has 1 aromatic carbocycles. The van der Waals surface area contributed by atoms with Crippen molar-refractivity contribution < 1.29 is 40.6 Å². The van der Waals surface area contributed by atoms with Gasteiger partial charge in [-0.2, -0.15) is 0 Å². The van der Waals surface area contributed by atoms with E-state index in [1.165, 1.54) is 0 Å². The number of halogens is 6. The second-order valence-electron chi connectivity index (χ2n) is 4.15. The minimum absolute atomic E-state index is 0.451. The highest BCUT2D eigenvalue weighted by atomic mass is 19.4. The van der Waals surface area contributed by atoms with Gasteiger partial charge in [-0.1, -0.05) is 0 Å². The molecule has 0 radical (unpaired) electrons. The van der Waals surface area contributed by atoms with Gasteiger partial charge in [0.25, 0.3) is 0 Å². The number of cyclic esters (lactones) is 1. The van der Waals surface area contributed by atoms with Crippen LogP contribution in [0.1, 0.15) is 11.6 Å². The maximum atomic E-state index is 13.6. The lowest BCUT2D eigenvalue weighted by Gasteiger charge is -2.32. The number of hydrogen-bond acceptors (Lipinski definition) is 3. The fourth-order valence-corrected chi connectivity index (χ4v) is 1.76. The van der Waals surface area contributed by atoms with E-state index < -0.39 is 48.2 Å². The van der Waals surface area contributed by atoms with E-state index in [-0.39, 0.29) is 0 Å². The van der Waals surface area contributed by atoms with Crippen LogP contribution in [0.2, 0.25) is 0 Å². The first-order valence-electron chi connectivity index (χ1n) is 5.45. The number of alkyl carbamates (subject to hydrolysis) is 1. The van der Waals surface area contributed by atoms with Crippen LogP contribution in [-0.4, -0.2) is 25.0 Å². The highest BCUT2D eigenvalue weighted by Gasteiger charge is 2.48. The zero-order valence-corrected chi connectivity index (χ0v) is 10.0. The molecule has 1 N–H and O–H groups in total. The van der Waals surface area contributed by atoms with Crippen LogP contribution >= 0.6 is 0 Å². The van der Waals surface area contributed by atoms with Gasteiger partial charge in [0, 0.05) is 5.56 Å². The highest BCUT2D eigenvalue weighted by molar-refractivity contribution is 5.69. The Morgan fingerprint density at radius 1 is 1.33 bits per heavy atom. The van der Waals surface area contributed by atoms with Crippen LogP contribution in [0.3, 0.4) is 0 Å². The van der Waals surface area contributed by atoms with Crippen LogP contribution in [0.4, 0.5) is 31.1 Å². The zero-order valence-electron chi connectivity index (χ0n) is 10.0. The first-order chi connectivity index (χ1) is 9.58. The van der Waals surface area contributed by atoms with Crippen molar-refractivity contribution >= 4 is 6.09 Å². The molecule has 1 atom stereocenters. The van der Waals surface area contributed by atoms with E-state index in [2.05, 4.69) is 9.47 Å². The fraction of sp³-hybridized carbons (Fsp3) is 0.364. The molecule has 0 unspecified atom stereocenters. The number of carbonyl (C=O) groups is 1. The number of hydrogen-bond donors (Lipinski definition) is 1. The van der Waals surface area contributed by atoms with Gasteiger partial charge >= 0.3 is 18.4 Å². The maximum absolute atomic E-state index is 13.6. The van der Waals surface area contributed by atoms with Gasteiger partial charge in [0.1, 0.15) is 17.6 Å². The van der Waals surface area contributed by atoms with Gasteiger partial charge < -0.3 is 14.8 Å². The van der Waals surface area contributed by atoms with Crippen LogP contribution < -0.4 is 10.1 Å². The number of carbonyl (C=O) groups excluding carboxylic acids is 1. The molecule has 0 aromatic heterocycles. The van der Waals surface area contributed by atoms with E-state index in [4.69, 9.17) is 0 Å². The van der Waals surface area contributed by atoms with Gasteiger partial charge in [0.05, 0.1) is 0 Å². The third-order valence-electron chi connectivity index (χ3n) is 2.59. The average molecular weight is 315 g/mol. The minimum atomic E-state index is -5.06. The predicted molar refractivity (Wildman–Crippen MR) is 55.3 cm³/mol. The Balaban J connectivity index is 2.37. The van der Waals surface area contributed by atoms with Crippen LogP contribution in [0.25, 0.3) is 0 Å². The second-order valence-corrected chi connectivity index (χ2v) is 4.15. The molecule has 0 aliphatic carbocycles. The molecule has 1 aromatic rings. The summed E-state index contributed by atoms with van der Waals surface area (Å²) in [5.74, 6) is -5.78. The Labute approximate surface area is 113 Å². The molecule has 21 heavy (non-hydrogen) atoms. The molecule has 1 amide bonds. The molecule has 4 nitrogen and oxygen atoms in total. The Hall–Kier alpha value is -2.13. The molecule has 1 fully saturated rings. The van der Waals surface area contributed by atoms with Gasteiger partial charge in [-0.05, 0) is 18.2 Å². The van der Waals surface area contributed by atoms with Crippen molar-refractivity contribution in [3.63, 3.8) is 0 Å². The summed E-state index contributed by atoms with van der Waals surface area (Å²) in [4.78, 5) is 11.0. The topological polar surface area (TPSA) is 47.6 Å². The summed E-state index contributed by atoms with van der Waals surface area (Å²) in [7, 11) is 0. The van der Waals surface area contributed by atoms with Gasteiger partial charge in [0.15, 0.2) is 6.61 Å². The predicted octanol–water partition coefficient (Wildman–Crippen LogP) is 3.14. The maximum Gasteiger partial charge on any atom is 0.573 e. The molecule has 1 aliphatic rings. The van der Waals surface area contributed by atoms with Crippen molar-refractivity contribution in [2.45, 2.75) is 18.3 Å². The van der Waals surface area contributed by atoms with E-state index in [1.807, 2.05) is 0 Å². The van der Waals surface area contributed by atoms with Crippen molar-refractivity contribution in [1.29, 1.82) is 0 Å². The van der Waals surface area contributed by atoms with Gasteiger partial charge in [-0.25, -0.2) is 18.0 Å².